The fourth-order valence-electron chi connectivity index (χ4n) is 1.96. The van der Waals surface area contributed by atoms with Gasteiger partial charge in [0.25, 0.3) is 15.9 Å². The molecule has 0 radical (unpaired) electrons. The van der Waals surface area contributed by atoms with E-state index in [0.717, 1.165) is 0 Å². The third kappa shape index (κ3) is 3.20. The maximum absolute atomic E-state index is 12.4. The van der Waals surface area contributed by atoms with E-state index in [-0.39, 0.29) is 16.1 Å². The summed E-state index contributed by atoms with van der Waals surface area (Å²) in [7, 11) is -2.34. The van der Waals surface area contributed by atoms with E-state index in [1.165, 1.54) is 25.3 Å². The van der Waals surface area contributed by atoms with Crippen molar-refractivity contribution in [2.24, 2.45) is 5.73 Å². The molecule has 22 heavy (non-hydrogen) atoms. The van der Waals surface area contributed by atoms with Gasteiger partial charge >= 0.3 is 0 Å². The van der Waals surface area contributed by atoms with Crippen molar-refractivity contribution in [2.75, 3.05) is 11.8 Å². The fraction of sp³-hybridized carbons (Fsp3) is 0.133. The molecule has 7 heteroatoms. The predicted molar refractivity (Wildman–Crippen MR) is 83.5 cm³/mol. The lowest BCUT2D eigenvalue weighted by Crippen LogP contribution is -2.19. The summed E-state index contributed by atoms with van der Waals surface area (Å²) < 4.78 is 32.3. The summed E-state index contributed by atoms with van der Waals surface area (Å²) >= 11 is 0. The van der Waals surface area contributed by atoms with E-state index in [4.69, 9.17) is 10.5 Å². The Morgan fingerprint density at radius 2 is 1.77 bits per heavy atom. The molecule has 1 amide bonds. The maximum atomic E-state index is 12.4. The molecule has 0 aliphatic carbocycles. The number of ether oxygens (including phenoxy) is 1. The van der Waals surface area contributed by atoms with Crippen LogP contribution >= 0.6 is 0 Å². The van der Waals surface area contributed by atoms with Crippen molar-refractivity contribution in [3.63, 3.8) is 0 Å². The number of amides is 1. The van der Waals surface area contributed by atoms with Crippen molar-refractivity contribution in [3.05, 3.63) is 53.6 Å². The zero-order valence-corrected chi connectivity index (χ0v) is 13.0. The molecule has 116 valence electrons. The van der Waals surface area contributed by atoms with Crippen molar-refractivity contribution in [1.29, 1.82) is 0 Å². The molecule has 2 rings (SSSR count). The summed E-state index contributed by atoms with van der Waals surface area (Å²) in [6.07, 6.45) is 0. The minimum Gasteiger partial charge on any atom is -0.497 e. The summed E-state index contributed by atoms with van der Waals surface area (Å²) in [5.74, 6) is -0.149. The van der Waals surface area contributed by atoms with Gasteiger partial charge in [-0.2, -0.15) is 0 Å². The molecule has 0 saturated heterocycles. The van der Waals surface area contributed by atoms with Crippen LogP contribution in [0.2, 0.25) is 0 Å². The number of hydrogen-bond donors (Lipinski definition) is 2. The van der Waals surface area contributed by atoms with E-state index in [1.807, 2.05) is 0 Å². The molecule has 0 heterocycles. The molecule has 2 aromatic carbocycles. The third-order valence-corrected chi connectivity index (χ3v) is 4.51. The molecule has 0 fully saturated rings. The number of carbonyl (C=O) groups excluding carboxylic acids is 1. The maximum Gasteiger partial charge on any atom is 0.261 e. The van der Waals surface area contributed by atoms with E-state index >= 15 is 0 Å². The number of hydrogen-bond acceptors (Lipinski definition) is 4. The fourth-order valence-corrected chi connectivity index (χ4v) is 3.11. The van der Waals surface area contributed by atoms with Gasteiger partial charge in [0.15, 0.2) is 0 Å². The van der Waals surface area contributed by atoms with Crippen LogP contribution in [-0.2, 0) is 10.0 Å². The van der Waals surface area contributed by atoms with Gasteiger partial charge < -0.3 is 10.5 Å². The smallest absolute Gasteiger partial charge is 0.261 e. The van der Waals surface area contributed by atoms with Crippen LogP contribution in [0.3, 0.4) is 0 Å². The number of aryl methyl sites for hydroxylation is 1. The average Bonchev–Trinajstić information content (AvgIpc) is 2.49. The van der Waals surface area contributed by atoms with Crippen LogP contribution in [0, 0.1) is 6.92 Å². The number of primary amides is 1. The topological polar surface area (TPSA) is 98.5 Å². The minimum atomic E-state index is -3.83. The Morgan fingerprint density at radius 1 is 1.14 bits per heavy atom. The summed E-state index contributed by atoms with van der Waals surface area (Å²) in [6.45, 7) is 1.69. The highest BCUT2D eigenvalue weighted by molar-refractivity contribution is 7.92. The molecular formula is C15H16N2O4S. The number of sulfonamides is 1. The molecule has 0 aliphatic rings. The highest BCUT2D eigenvalue weighted by atomic mass is 32.2. The lowest BCUT2D eigenvalue weighted by Gasteiger charge is -2.13. The number of carbonyl (C=O) groups is 1. The average molecular weight is 320 g/mol. The largest absolute Gasteiger partial charge is 0.497 e. The molecule has 0 aliphatic heterocycles. The van der Waals surface area contributed by atoms with Crippen molar-refractivity contribution in [3.8, 4) is 5.75 Å². The first kappa shape index (κ1) is 15.8. The van der Waals surface area contributed by atoms with E-state index in [9.17, 15) is 13.2 Å². The van der Waals surface area contributed by atoms with Crippen LogP contribution in [0.5, 0.6) is 5.75 Å². The summed E-state index contributed by atoms with van der Waals surface area (Å²) in [6, 6.07) is 10.7. The van der Waals surface area contributed by atoms with Crippen molar-refractivity contribution < 1.29 is 17.9 Å². The lowest BCUT2D eigenvalue weighted by atomic mass is 10.1. The highest BCUT2D eigenvalue weighted by Crippen LogP contribution is 2.24. The second-order valence-corrected chi connectivity index (χ2v) is 6.33. The first-order valence-corrected chi connectivity index (χ1v) is 7.90. The van der Waals surface area contributed by atoms with Crippen LogP contribution in [0.1, 0.15) is 15.9 Å². The molecule has 0 saturated carbocycles. The number of anilines is 1. The molecule has 2 aromatic rings. The second-order valence-electron chi connectivity index (χ2n) is 4.64. The van der Waals surface area contributed by atoms with Crippen LogP contribution in [0.4, 0.5) is 5.69 Å². The summed E-state index contributed by atoms with van der Waals surface area (Å²) in [5.41, 5.74) is 6.20. The number of nitrogens with two attached hydrogens (primary N) is 1. The second kappa shape index (κ2) is 6.07. The standard InChI is InChI=1S/C15H16N2O4S/c1-10-4-3-5-13(15(16)18)14(10)17-22(19,20)12-8-6-11(21-2)7-9-12/h3-9,17H,1-2H3,(H2,16,18). The molecule has 0 atom stereocenters. The van der Waals surface area contributed by atoms with Gasteiger partial charge in [-0.1, -0.05) is 12.1 Å². The quantitative estimate of drug-likeness (QED) is 0.879. The van der Waals surface area contributed by atoms with Crippen molar-refractivity contribution in [1.82, 2.24) is 0 Å². The zero-order valence-electron chi connectivity index (χ0n) is 12.2. The van der Waals surface area contributed by atoms with Gasteiger partial charge in [0.05, 0.1) is 23.3 Å². The Hall–Kier alpha value is -2.54. The number of para-hydroxylation sites is 1. The highest BCUT2D eigenvalue weighted by Gasteiger charge is 2.19. The van der Waals surface area contributed by atoms with Gasteiger partial charge in [-0.05, 0) is 42.8 Å². The van der Waals surface area contributed by atoms with E-state index in [2.05, 4.69) is 4.72 Å². The molecule has 0 unspecified atom stereocenters. The molecule has 0 aromatic heterocycles. The Labute approximate surface area is 129 Å². The van der Waals surface area contributed by atoms with Crippen molar-refractivity contribution >= 4 is 21.6 Å². The van der Waals surface area contributed by atoms with Gasteiger partial charge in [0.2, 0.25) is 0 Å². The first-order valence-electron chi connectivity index (χ1n) is 6.41. The van der Waals surface area contributed by atoms with Crippen LogP contribution in [0.15, 0.2) is 47.4 Å². The first-order chi connectivity index (χ1) is 10.3. The van der Waals surface area contributed by atoms with Gasteiger partial charge in [-0.3, -0.25) is 9.52 Å². The van der Waals surface area contributed by atoms with Crippen molar-refractivity contribution in [2.45, 2.75) is 11.8 Å². The molecule has 6 nitrogen and oxygen atoms in total. The molecule has 0 spiro atoms. The van der Waals surface area contributed by atoms with Gasteiger partial charge in [-0.15, -0.1) is 0 Å². The van der Waals surface area contributed by atoms with Gasteiger partial charge in [0.1, 0.15) is 5.75 Å². The number of methoxy groups -OCH3 is 1. The molecular weight excluding hydrogens is 304 g/mol. The van der Waals surface area contributed by atoms with E-state index in [1.54, 1.807) is 31.2 Å². The zero-order chi connectivity index (χ0) is 16.3. The number of rotatable bonds is 5. The Balaban J connectivity index is 2.42. The van der Waals surface area contributed by atoms with E-state index in [0.29, 0.717) is 11.3 Å². The summed E-state index contributed by atoms with van der Waals surface area (Å²) in [4.78, 5) is 11.5. The SMILES string of the molecule is COc1ccc(S(=O)(=O)Nc2c(C)cccc2C(N)=O)cc1. The number of benzene rings is 2. The Bertz CT molecular complexity index is 799. The Kier molecular flexibility index (Phi) is 4.37. The monoisotopic (exact) mass is 320 g/mol. The number of nitrogens with one attached hydrogen (secondary N) is 1. The van der Waals surface area contributed by atoms with Crippen LogP contribution in [0.25, 0.3) is 0 Å². The van der Waals surface area contributed by atoms with Gasteiger partial charge in [0, 0.05) is 0 Å². The van der Waals surface area contributed by atoms with Crippen LogP contribution in [-0.4, -0.2) is 21.4 Å². The summed E-state index contributed by atoms with van der Waals surface area (Å²) in [5, 5.41) is 0. The van der Waals surface area contributed by atoms with Crippen LogP contribution < -0.4 is 15.2 Å². The minimum absolute atomic E-state index is 0.0620. The Morgan fingerprint density at radius 3 is 2.32 bits per heavy atom. The van der Waals surface area contributed by atoms with E-state index < -0.39 is 15.9 Å². The third-order valence-electron chi connectivity index (χ3n) is 3.14. The molecule has 3 N–H and O–H groups in total. The van der Waals surface area contributed by atoms with Gasteiger partial charge in [-0.25, -0.2) is 8.42 Å². The predicted octanol–water partition coefficient (Wildman–Crippen LogP) is 1.90. The normalized spacial score (nSPS) is 11.0. The molecule has 0 bridgehead atoms. The lowest BCUT2D eigenvalue weighted by molar-refractivity contribution is 0.100.